The molecule has 0 heterocycles. The number of carbonyl (C=O) groups excluding carboxylic acids is 1. The maximum absolute atomic E-state index is 12.2. The van der Waals surface area contributed by atoms with E-state index in [-0.39, 0.29) is 37.2 Å². The van der Waals surface area contributed by atoms with Gasteiger partial charge in [0.2, 0.25) is 5.91 Å². The smallest absolute Gasteiger partial charge is 0.235 e. The van der Waals surface area contributed by atoms with Gasteiger partial charge in [0, 0.05) is 13.1 Å². The highest BCUT2D eigenvalue weighted by Crippen LogP contribution is 2.42. The molecule has 0 aliphatic heterocycles. The van der Waals surface area contributed by atoms with Crippen molar-refractivity contribution in [2.24, 2.45) is 11.1 Å². The summed E-state index contributed by atoms with van der Waals surface area (Å²) in [5.41, 5.74) is 4.90. The van der Waals surface area contributed by atoms with E-state index in [0.29, 0.717) is 12.8 Å². The summed E-state index contributed by atoms with van der Waals surface area (Å²) in [6.45, 7) is 0.172. The zero-order valence-corrected chi connectivity index (χ0v) is 10.0. The minimum Gasteiger partial charge on any atom is -0.395 e. The first kappa shape index (κ1) is 13.3. The van der Waals surface area contributed by atoms with Gasteiger partial charge in [-0.1, -0.05) is 18.6 Å². The third-order valence-electron chi connectivity index (χ3n) is 3.12. The van der Waals surface area contributed by atoms with Gasteiger partial charge in [0.25, 0.3) is 0 Å². The molecule has 0 radical (unpaired) electrons. The van der Waals surface area contributed by atoms with Crippen LogP contribution in [0, 0.1) is 5.41 Å². The van der Waals surface area contributed by atoms with E-state index in [1.807, 2.05) is 0 Å². The lowest BCUT2D eigenvalue weighted by Crippen LogP contribution is -2.55. The Hall–Kier alpha value is -0.720. The Morgan fingerprint density at radius 3 is 2.06 bits per heavy atom. The van der Waals surface area contributed by atoms with Crippen LogP contribution >= 0.6 is 12.2 Å². The first-order valence-corrected chi connectivity index (χ1v) is 5.80. The summed E-state index contributed by atoms with van der Waals surface area (Å²) < 4.78 is 0. The second kappa shape index (κ2) is 5.56. The number of aliphatic hydroxyl groups excluding tert-OH is 2. The van der Waals surface area contributed by atoms with Gasteiger partial charge in [-0.25, -0.2) is 0 Å². The summed E-state index contributed by atoms with van der Waals surface area (Å²) in [5.74, 6) is -0.158. The molecule has 92 valence electrons. The van der Waals surface area contributed by atoms with Crippen LogP contribution in [-0.2, 0) is 4.79 Å². The lowest BCUT2D eigenvalue weighted by atomic mass is 9.67. The lowest BCUT2D eigenvalue weighted by Gasteiger charge is -2.42. The fourth-order valence-corrected chi connectivity index (χ4v) is 2.25. The Balaban J connectivity index is 2.75. The Bertz CT molecular complexity index is 273. The number of rotatable bonds is 6. The molecule has 1 amide bonds. The number of thiocarbonyl (C=S) groups is 1. The first-order valence-electron chi connectivity index (χ1n) is 5.39. The monoisotopic (exact) mass is 246 g/mol. The van der Waals surface area contributed by atoms with Crippen molar-refractivity contribution < 1.29 is 15.0 Å². The zero-order valence-electron chi connectivity index (χ0n) is 9.19. The van der Waals surface area contributed by atoms with Crippen LogP contribution in [0.3, 0.4) is 0 Å². The van der Waals surface area contributed by atoms with Crippen LogP contribution in [0.4, 0.5) is 0 Å². The van der Waals surface area contributed by atoms with E-state index in [1.165, 1.54) is 4.90 Å². The maximum Gasteiger partial charge on any atom is 0.235 e. The van der Waals surface area contributed by atoms with Gasteiger partial charge in [0.1, 0.15) is 0 Å². The van der Waals surface area contributed by atoms with Crippen LogP contribution < -0.4 is 5.73 Å². The average molecular weight is 246 g/mol. The minimum atomic E-state index is -0.723. The van der Waals surface area contributed by atoms with Gasteiger partial charge in [-0.05, 0) is 12.8 Å². The van der Waals surface area contributed by atoms with Crippen molar-refractivity contribution in [2.45, 2.75) is 19.3 Å². The molecular weight excluding hydrogens is 228 g/mol. The third kappa shape index (κ3) is 2.34. The quantitative estimate of drug-likeness (QED) is 0.537. The molecule has 0 bridgehead atoms. The van der Waals surface area contributed by atoms with Crippen molar-refractivity contribution in [2.75, 3.05) is 26.3 Å². The van der Waals surface area contributed by atoms with Crippen molar-refractivity contribution in [3.05, 3.63) is 0 Å². The van der Waals surface area contributed by atoms with Gasteiger partial charge < -0.3 is 20.8 Å². The molecule has 5 nitrogen and oxygen atoms in total. The largest absolute Gasteiger partial charge is 0.395 e. The molecular formula is C10H18N2O3S. The Labute approximate surface area is 100 Å². The number of hydrogen-bond acceptors (Lipinski definition) is 4. The molecule has 0 aromatic heterocycles. The highest BCUT2D eigenvalue weighted by atomic mass is 32.1. The van der Waals surface area contributed by atoms with Crippen LogP contribution in [-0.4, -0.2) is 52.3 Å². The van der Waals surface area contributed by atoms with Crippen LogP contribution in [0.1, 0.15) is 19.3 Å². The van der Waals surface area contributed by atoms with E-state index in [4.69, 9.17) is 28.2 Å². The average Bonchev–Trinajstić information content (AvgIpc) is 2.14. The topological polar surface area (TPSA) is 86.8 Å². The van der Waals surface area contributed by atoms with Crippen molar-refractivity contribution in [3.8, 4) is 0 Å². The molecule has 1 aliphatic carbocycles. The molecule has 0 aromatic carbocycles. The fraction of sp³-hybridized carbons (Fsp3) is 0.800. The molecule has 0 unspecified atom stereocenters. The number of nitrogens with zero attached hydrogens (tertiary/aromatic N) is 1. The molecule has 6 heteroatoms. The summed E-state index contributed by atoms with van der Waals surface area (Å²) in [7, 11) is 0. The molecule has 1 fully saturated rings. The highest BCUT2D eigenvalue weighted by molar-refractivity contribution is 7.80. The number of aliphatic hydroxyl groups is 2. The summed E-state index contributed by atoms with van der Waals surface area (Å²) in [4.78, 5) is 13.9. The lowest BCUT2D eigenvalue weighted by molar-refractivity contribution is -0.143. The summed E-state index contributed by atoms with van der Waals surface area (Å²) in [5, 5.41) is 17.7. The molecule has 0 spiro atoms. The van der Waals surface area contributed by atoms with Gasteiger partial charge in [0.15, 0.2) is 0 Å². The second-order valence-electron chi connectivity index (χ2n) is 4.04. The third-order valence-corrected chi connectivity index (χ3v) is 3.51. The number of hydrogen-bond donors (Lipinski definition) is 3. The van der Waals surface area contributed by atoms with Gasteiger partial charge in [-0.15, -0.1) is 0 Å². The molecule has 0 aromatic rings. The molecule has 4 N–H and O–H groups in total. The molecule has 1 aliphatic rings. The van der Waals surface area contributed by atoms with E-state index in [1.54, 1.807) is 0 Å². The van der Waals surface area contributed by atoms with Gasteiger partial charge in [-0.3, -0.25) is 4.79 Å². The predicted octanol–water partition coefficient (Wildman–Crippen LogP) is -0.744. The van der Waals surface area contributed by atoms with Gasteiger partial charge >= 0.3 is 0 Å². The summed E-state index contributed by atoms with van der Waals surface area (Å²) in [6.07, 6.45) is 2.29. The minimum absolute atomic E-state index is 0.126. The second-order valence-corrected chi connectivity index (χ2v) is 4.48. The maximum atomic E-state index is 12.2. The van der Waals surface area contributed by atoms with E-state index in [2.05, 4.69) is 0 Å². The van der Waals surface area contributed by atoms with Crippen molar-refractivity contribution in [3.63, 3.8) is 0 Å². The molecule has 1 saturated carbocycles. The fourth-order valence-electron chi connectivity index (χ4n) is 1.95. The molecule has 0 saturated heterocycles. The highest BCUT2D eigenvalue weighted by Gasteiger charge is 2.48. The van der Waals surface area contributed by atoms with Crippen molar-refractivity contribution in [1.82, 2.24) is 4.90 Å². The van der Waals surface area contributed by atoms with Gasteiger partial charge in [-0.2, -0.15) is 0 Å². The van der Waals surface area contributed by atoms with Crippen LogP contribution in [0.2, 0.25) is 0 Å². The molecule has 0 atom stereocenters. The SMILES string of the molecule is NC(=S)C1(C(=O)N(CCO)CCO)CCC1. The molecule has 1 rings (SSSR count). The van der Waals surface area contributed by atoms with Crippen molar-refractivity contribution in [1.29, 1.82) is 0 Å². The Morgan fingerprint density at radius 1 is 1.31 bits per heavy atom. The zero-order chi connectivity index (χ0) is 12.2. The molecule has 16 heavy (non-hydrogen) atoms. The standard InChI is InChI=1S/C10H18N2O3S/c11-8(16)10(2-1-3-10)9(15)12(4-6-13)5-7-14/h13-14H,1-7H2,(H2,11,16). The van der Waals surface area contributed by atoms with Crippen molar-refractivity contribution >= 4 is 23.1 Å². The number of amides is 1. The van der Waals surface area contributed by atoms with E-state index in [9.17, 15) is 4.79 Å². The normalized spacial score (nSPS) is 17.6. The first-order chi connectivity index (χ1) is 7.58. The van der Waals surface area contributed by atoms with Gasteiger partial charge in [0.05, 0.1) is 23.6 Å². The Morgan fingerprint density at radius 2 is 1.81 bits per heavy atom. The van der Waals surface area contributed by atoms with Crippen LogP contribution in [0.15, 0.2) is 0 Å². The summed E-state index contributed by atoms with van der Waals surface area (Å²) >= 11 is 4.95. The summed E-state index contributed by atoms with van der Waals surface area (Å²) in [6, 6.07) is 0. The predicted molar refractivity (Wildman–Crippen MR) is 63.8 cm³/mol. The van der Waals surface area contributed by atoms with Crippen LogP contribution in [0.25, 0.3) is 0 Å². The number of nitrogens with two attached hydrogens (primary N) is 1. The van der Waals surface area contributed by atoms with E-state index < -0.39 is 5.41 Å². The Kier molecular flexibility index (Phi) is 4.64. The van der Waals surface area contributed by atoms with Crippen LogP contribution in [0.5, 0.6) is 0 Å². The van der Waals surface area contributed by atoms with E-state index >= 15 is 0 Å². The van der Waals surface area contributed by atoms with E-state index in [0.717, 1.165) is 6.42 Å². The number of carbonyl (C=O) groups is 1.